The third-order valence-electron chi connectivity index (χ3n) is 3.06. The van der Waals surface area contributed by atoms with E-state index in [1.807, 2.05) is 19.9 Å². The molecule has 0 atom stereocenters. The van der Waals surface area contributed by atoms with Gasteiger partial charge in [-0.3, -0.25) is 9.59 Å². The maximum atomic E-state index is 12.1. The van der Waals surface area contributed by atoms with Crippen LogP contribution in [0.3, 0.4) is 0 Å². The molecular formula is C13H18N2O2S. The fourth-order valence-corrected chi connectivity index (χ4v) is 2.63. The minimum atomic E-state index is 0.0388. The van der Waals surface area contributed by atoms with E-state index in [0.717, 1.165) is 17.8 Å². The number of carbonyl (C=O) groups excluding carboxylic acids is 2. The number of hydrogen-bond donors (Lipinski definition) is 1. The van der Waals surface area contributed by atoms with Crippen LogP contribution in [0.15, 0.2) is 12.1 Å². The highest BCUT2D eigenvalue weighted by Gasteiger charge is 2.30. The van der Waals surface area contributed by atoms with Gasteiger partial charge in [0.15, 0.2) is 0 Å². The minimum absolute atomic E-state index is 0.0388. The van der Waals surface area contributed by atoms with Gasteiger partial charge in [0.05, 0.1) is 9.88 Å². The standard InChI is InChI=1S/C13H18N2O2S/c1-3-15(4-2)13(17)10-7-8-11(18-10)14-12(16)9-5-6-9/h7-9H,3-6H2,1-2H3,(H,14,16). The molecule has 1 aromatic rings. The first-order chi connectivity index (χ1) is 8.65. The summed E-state index contributed by atoms with van der Waals surface area (Å²) in [6, 6.07) is 3.59. The summed E-state index contributed by atoms with van der Waals surface area (Å²) in [6.45, 7) is 5.34. The van der Waals surface area contributed by atoms with Gasteiger partial charge in [-0.1, -0.05) is 0 Å². The molecule has 5 heteroatoms. The van der Waals surface area contributed by atoms with Gasteiger partial charge in [0.2, 0.25) is 5.91 Å². The number of rotatable bonds is 5. The number of carbonyl (C=O) groups is 2. The lowest BCUT2D eigenvalue weighted by Gasteiger charge is -2.17. The van der Waals surface area contributed by atoms with E-state index in [1.54, 1.807) is 11.0 Å². The molecule has 18 heavy (non-hydrogen) atoms. The van der Waals surface area contributed by atoms with Gasteiger partial charge < -0.3 is 10.2 Å². The Kier molecular flexibility index (Phi) is 4.01. The molecule has 2 rings (SSSR count). The monoisotopic (exact) mass is 266 g/mol. The van der Waals surface area contributed by atoms with E-state index >= 15 is 0 Å². The van der Waals surface area contributed by atoms with Crippen LogP contribution in [0.4, 0.5) is 5.00 Å². The molecule has 1 aliphatic rings. The van der Waals surface area contributed by atoms with Gasteiger partial charge in [0, 0.05) is 19.0 Å². The van der Waals surface area contributed by atoms with Gasteiger partial charge in [0.1, 0.15) is 0 Å². The average molecular weight is 266 g/mol. The number of nitrogens with one attached hydrogen (secondary N) is 1. The second-order valence-corrected chi connectivity index (χ2v) is 5.49. The molecule has 4 nitrogen and oxygen atoms in total. The van der Waals surface area contributed by atoms with Crippen LogP contribution in [0.5, 0.6) is 0 Å². The summed E-state index contributed by atoms with van der Waals surface area (Å²) in [5.41, 5.74) is 0. The molecule has 0 radical (unpaired) electrons. The molecule has 0 bridgehead atoms. The van der Waals surface area contributed by atoms with E-state index in [9.17, 15) is 9.59 Å². The number of amides is 2. The van der Waals surface area contributed by atoms with Crippen molar-refractivity contribution in [2.24, 2.45) is 5.92 Å². The average Bonchev–Trinajstić information content (AvgIpc) is 3.12. The largest absolute Gasteiger partial charge is 0.339 e. The zero-order chi connectivity index (χ0) is 13.1. The number of hydrogen-bond acceptors (Lipinski definition) is 3. The van der Waals surface area contributed by atoms with Crippen LogP contribution in [-0.4, -0.2) is 29.8 Å². The third kappa shape index (κ3) is 2.90. The fraction of sp³-hybridized carbons (Fsp3) is 0.538. The van der Waals surface area contributed by atoms with Gasteiger partial charge >= 0.3 is 0 Å². The summed E-state index contributed by atoms with van der Waals surface area (Å²) >= 11 is 1.35. The van der Waals surface area contributed by atoms with E-state index in [1.165, 1.54) is 11.3 Å². The van der Waals surface area contributed by atoms with Crippen LogP contribution in [0, 0.1) is 5.92 Å². The Hall–Kier alpha value is -1.36. The van der Waals surface area contributed by atoms with Crippen molar-refractivity contribution >= 4 is 28.2 Å². The summed E-state index contributed by atoms with van der Waals surface area (Å²) in [6.07, 6.45) is 1.98. The van der Waals surface area contributed by atoms with E-state index in [-0.39, 0.29) is 17.7 Å². The Balaban J connectivity index is 2.00. The molecule has 0 unspecified atom stereocenters. The first-order valence-corrected chi connectivity index (χ1v) is 7.17. The molecule has 2 amide bonds. The zero-order valence-corrected chi connectivity index (χ0v) is 11.5. The van der Waals surface area contributed by atoms with Crippen molar-refractivity contribution in [1.29, 1.82) is 0 Å². The maximum absolute atomic E-state index is 12.1. The van der Waals surface area contributed by atoms with Crippen molar-refractivity contribution in [3.63, 3.8) is 0 Å². The quantitative estimate of drug-likeness (QED) is 0.890. The highest BCUT2D eigenvalue weighted by molar-refractivity contribution is 7.18. The summed E-state index contributed by atoms with van der Waals surface area (Å²) in [5.74, 6) is 0.310. The highest BCUT2D eigenvalue weighted by Crippen LogP contribution is 2.31. The molecule has 1 saturated carbocycles. The van der Waals surface area contributed by atoms with Crippen molar-refractivity contribution in [1.82, 2.24) is 4.90 Å². The first kappa shape index (κ1) is 13.1. The lowest BCUT2D eigenvalue weighted by Crippen LogP contribution is -2.29. The van der Waals surface area contributed by atoms with Crippen LogP contribution >= 0.6 is 11.3 Å². The summed E-state index contributed by atoms with van der Waals surface area (Å²) < 4.78 is 0. The predicted octanol–water partition coefficient (Wildman–Crippen LogP) is 2.58. The van der Waals surface area contributed by atoms with Crippen molar-refractivity contribution in [2.75, 3.05) is 18.4 Å². The van der Waals surface area contributed by atoms with Crippen LogP contribution < -0.4 is 5.32 Å². The molecule has 1 heterocycles. The molecule has 0 saturated heterocycles. The molecule has 0 aliphatic heterocycles. The van der Waals surface area contributed by atoms with Gasteiger partial charge in [-0.2, -0.15) is 0 Å². The SMILES string of the molecule is CCN(CC)C(=O)c1ccc(NC(=O)C2CC2)s1. The van der Waals surface area contributed by atoms with Crippen molar-refractivity contribution < 1.29 is 9.59 Å². The van der Waals surface area contributed by atoms with E-state index in [0.29, 0.717) is 18.0 Å². The smallest absolute Gasteiger partial charge is 0.263 e. The van der Waals surface area contributed by atoms with Gasteiger partial charge in [-0.25, -0.2) is 0 Å². The Morgan fingerprint density at radius 1 is 1.33 bits per heavy atom. The van der Waals surface area contributed by atoms with Gasteiger partial charge in [0.25, 0.3) is 5.91 Å². The second-order valence-electron chi connectivity index (χ2n) is 4.40. The minimum Gasteiger partial charge on any atom is -0.339 e. The fourth-order valence-electron chi connectivity index (χ4n) is 1.76. The van der Waals surface area contributed by atoms with Crippen LogP contribution in [-0.2, 0) is 4.79 Å². The lowest BCUT2D eigenvalue weighted by atomic mass is 10.3. The van der Waals surface area contributed by atoms with Crippen molar-refractivity contribution in [2.45, 2.75) is 26.7 Å². The van der Waals surface area contributed by atoms with Crippen LogP contribution in [0.25, 0.3) is 0 Å². The Bertz CT molecular complexity index is 448. The zero-order valence-electron chi connectivity index (χ0n) is 10.7. The normalized spacial score (nSPS) is 14.3. The molecule has 1 aromatic heterocycles. The molecule has 1 N–H and O–H groups in total. The first-order valence-electron chi connectivity index (χ1n) is 6.35. The molecule has 1 fully saturated rings. The maximum Gasteiger partial charge on any atom is 0.263 e. The highest BCUT2D eigenvalue weighted by atomic mass is 32.1. The third-order valence-corrected chi connectivity index (χ3v) is 4.05. The van der Waals surface area contributed by atoms with Crippen LogP contribution in [0.1, 0.15) is 36.4 Å². The van der Waals surface area contributed by atoms with Gasteiger partial charge in [-0.05, 0) is 38.8 Å². The molecule has 1 aliphatic carbocycles. The molecule has 0 spiro atoms. The second kappa shape index (κ2) is 5.52. The van der Waals surface area contributed by atoms with Crippen molar-refractivity contribution in [3.05, 3.63) is 17.0 Å². The predicted molar refractivity (Wildman–Crippen MR) is 72.9 cm³/mol. The van der Waals surface area contributed by atoms with E-state index in [4.69, 9.17) is 0 Å². The summed E-state index contributed by atoms with van der Waals surface area (Å²) in [5, 5.41) is 3.63. The summed E-state index contributed by atoms with van der Waals surface area (Å²) in [7, 11) is 0. The van der Waals surface area contributed by atoms with E-state index < -0.39 is 0 Å². The Labute approximate surface area is 111 Å². The Morgan fingerprint density at radius 2 is 2.00 bits per heavy atom. The number of thiophene rings is 1. The molecule has 98 valence electrons. The topological polar surface area (TPSA) is 49.4 Å². The molecule has 0 aromatic carbocycles. The lowest BCUT2D eigenvalue weighted by molar-refractivity contribution is -0.117. The van der Waals surface area contributed by atoms with E-state index in [2.05, 4.69) is 5.32 Å². The molecular weight excluding hydrogens is 248 g/mol. The summed E-state index contributed by atoms with van der Waals surface area (Å²) in [4.78, 5) is 26.1. The Morgan fingerprint density at radius 3 is 2.56 bits per heavy atom. The number of nitrogens with zero attached hydrogens (tertiary/aromatic N) is 1. The van der Waals surface area contributed by atoms with Crippen molar-refractivity contribution in [3.8, 4) is 0 Å². The van der Waals surface area contributed by atoms with Gasteiger partial charge in [-0.15, -0.1) is 11.3 Å². The van der Waals surface area contributed by atoms with Crippen LogP contribution in [0.2, 0.25) is 0 Å². The number of anilines is 1.